The van der Waals surface area contributed by atoms with Crippen molar-refractivity contribution in [3.05, 3.63) is 52.8 Å². The van der Waals surface area contributed by atoms with Crippen molar-refractivity contribution >= 4 is 27.5 Å². The molecule has 1 aromatic heterocycles. The molecule has 0 aliphatic carbocycles. The molecule has 0 saturated carbocycles. The molecule has 5 heteroatoms. The molecule has 4 nitrogen and oxygen atoms in total. The van der Waals surface area contributed by atoms with Crippen LogP contribution in [0.3, 0.4) is 0 Å². The number of nitrogens with one attached hydrogen (secondary N) is 1. The molecular formula is C14H13BrN2O2. The minimum absolute atomic E-state index is 0.199. The van der Waals surface area contributed by atoms with Crippen LogP contribution in [-0.2, 0) is 0 Å². The molecule has 1 N–H and O–H groups in total. The lowest BCUT2D eigenvalue weighted by Crippen LogP contribution is -2.13. The largest absolute Gasteiger partial charge is 0.492 e. The molecule has 0 aliphatic rings. The Morgan fingerprint density at radius 2 is 2.16 bits per heavy atom. The average molecular weight is 321 g/mol. The van der Waals surface area contributed by atoms with Gasteiger partial charge in [-0.05, 0) is 47.1 Å². The molecule has 0 bridgehead atoms. The number of anilines is 1. The number of rotatable bonds is 4. The molecule has 1 amide bonds. The van der Waals surface area contributed by atoms with Crippen molar-refractivity contribution in [3.8, 4) is 5.75 Å². The van der Waals surface area contributed by atoms with Crippen molar-refractivity contribution in [1.82, 2.24) is 4.98 Å². The number of nitrogens with zero attached hydrogens (tertiary/aromatic N) is 1. The predicted octanol–water partition coefficient (Wildman–Crippen LogP) is 3.50. The Hall–Kier alpha value is -1.88. The van der Waals surface area contributed by atoms with Gasteiger partial charge in [-0.25, -0.2) is 4.98 Å². The summed E-state index contributed by atoms with van der Waals surface area (Å²) in [6.07, 6.45) is 1.58. The van der Waals surface area contributed by atoms with Crippen LogP contribution in [0.15, 0.2) is 47.2 Å². The number of hydrogen-bond donors (Lipinski definition) is 1. The van der Waals surface area contributed by atoms with Crippen LogP contribution in [0.5, 0.6) is 5.75 Å². The monoisotopic (exact) mass is 320 g/mol. The summed E-state index contributed by atoms with van der Waals surface area (Å²) in [5, 5.41) is 2.83. The molecule has 1 aromatic carbocycles. The SMILES string of the molecule is CCOc1ccccc1NC(=O)c1ccnc(Br)c1. The third-order valence-electron chi connectivity index (χ3n) is 2.42. The highest BCUT2D eigenvalue weighted by Gasteiger charge is 2.09. The van der Waals surface area contributed by atoms with E-state index >= 15 is 0 Å². The number of aromatic nitrogens is 1. The normalized spacial score (nSPS) is 10.0. The van der Waals surface area contributed by atoms with Gasteiger partial charge in [0.25, 0.3) is 5.91 Å². The van der Waals surface area contributed by atoms with Crippen LogP contribution < -0.4 is 10.1 Å². The first-order valence-electron chi connectivity index (χ1n) is 5.85. The minimum atomic E-state index is -0.199. The van der Waals surface area contributed by atoms with E-state index in [1.54, 1.807) is 24.4 Å². The van der Waals surface area contributed by atoms with E-state index in [-0.39, 0.29) is 5.91 Å². The highest BCUT2D eigenvalue weighted by molar-refractivity contribution is 9.10. The maximum Gasteiger partial charge on any atom is 0.255 e. The zero-order chi connectivity index (χ0) is 13.7. The molecular weight excluding hydrogens is 308 g/mol. The average Bonchev–Trinajstić information content (AvgIpc) is 2.41. The Kier molecular flexibility index (Phi) is 4.52. The molecule has 1 heterocycles. The molecule has 0 radical (unpaired) electrons. The third-order valence-corrected chi connectivity index (χ3v) is 2.86. The summed E-state index contributed by atoms with van der Waals surface area (Å²) in [7, 11) is 0. The van der Waals surface area contributed by atoms with Crippen LogP contribution in [0, 0.1) is 0 Å². The van der Waals surface area contributed by atoms with E-state index < -0.39 is 0 Å². The standard InChI is InChI=1S/C14H13BrN2O2/c1-2-19-12-6-4-3-5-11(12)17-14(18)10-7-8-16-13(15)9-10/h3-9H,2H2,1H3,(H,17,18). The maximum atomic E-state index is 12.1. The molecule has 19 heavy (non-hydrogen) atoms. The summed E-state index contributed by atoms with van der Waals surface area (Å²) in [5.41, 5.74) is 1.19. The number of amides is 1. The van der Waals surface area contributed by atoms with Crippen molar-refractivity contribution in [3.63, 3.8) is 0 Å². The lowest BCUT2D eigenvalue weighted by Gasteiger charge is -2.11. The number of carbonyl (C=O) groups excluding carboxylic acids is 1. The van der Waals surface area contributed by atoms with Gasteiger partial charge in [-0.2, -0.15) is 0 Å². The molecule has 98 valence electrons. The molecule has 2 aromatic rings. The van der Waals surface area contributed by atoms with Crippen molar-refractivity contribution in [2.45, 2.75) is 6.92 Å². The zero-order valence-electron chi connectivity index (χ0n) is 10.4. The maximum absolute atomic E-state index is 12.1. The molecule has 0 unspecified atom stereocenters. The first kappa shape index (κ1) is 13.5. The number of halogens is 1. The second-order valence-corrected chi connectivity index (χ2v) is 4.56. The second-order valence-electron chi connectivity index (χ2n) is 3.75. The number of ether oxygens (including phenoxy) is 1. The Labute approximate surface area is 119 Å². The zero-order valence-corrected chi connectivity index (χ0v) is 12.0. The third kappa shape index (κ3) is 3.54. The second kappa shape index (κ2) is 6.33. The van der Waals surface area contributed by atoms with E-state index in [4.69, 9.17) is 4.74 Å². The number of hydrogen-bond acceptors (Lipinski definition) is 3. The van der Waals surface area contributed by atoms with Crippen LogP contribution in [0.2, 0.25) is 0 Å². The molecule has 2 rings (SSSR count). The van der Waals surface area contributed by atoms with Gasteiger partial charge in [0, 0.05) is 11.8 Å². The Morgan fingerprint density at radius 3 is 2.89 bits per heavy atom. The van der Waals surface area contributed by atoms with Crippen molar-refractivity contribution in [1.29, 1.82) is 0 Å². The van der Waals surface area contributed by atoms with Gasteiger partial charge in [-0.1, -0.05) is 12.1 Å². The molecule has 0 saturated heterocycles. The van der Waals surface area contributed by atoms with Crippen molar-refractivity contribution in [2.75, 3.05) is 11.9 Å². The van der Waals surface area contributed by atoms with Crippen molar-refractivity contribution in [2.24, 2.45) is 0 Å². The van der Waals surface area contributed by atoms with E-state index in [1.165, 1.54) is 0 Å². The number of benzene rings is 1. The fourth-order valence-corrected chi connectivity index (χ4v) is 1.95. The van der Waals surface area contributed by atoms with Crippen LogP contribution in [-0.4, -0.2) is 17.5 Å². The van der Waals surface area contributed by atoms with E-state index in [9.17, 15) is 4.79 Å². The summed E-state index contributed by atoms with van der Waals surface area (Å²) in [5.74, 6) is 0.460. The first-order valence-corrected chi connectivity index (χ1v) is 6.64. The fourth-order valence-electron chi connectivity index (χ4n) is 1.59. The first-order chi connectivity index (χ1) is 9.20. The number of carbonyl (C=O) groups is 1. The molecule has 0 aliphatic heterocycles. The summed E-state index contributed by atoms with van der Waals surface area (Å²) >= 11 is 3.24. The molecule has 0 spiro atoms. The smallest absolute Gasteiger partial charge is 0.255 e. The summed E-state index contributed by atoms with van der Waals surface area (Å²) < 4.78 is 6.08. The Bertz CT molecular complexity index is 587. The lowest BCUT2D eigenvalue weighted by molar-refractivity contribution is 0.102. The quantitative estimate of drug-likeness (QED) is 0.877. The van der Waals surface area contributed by atoms with Gasteiger partial charge in [0.15, 0.2) is 0 Å². The van der Waals surface area contributed by atoms with Crippen LogP contribution in [0.25, 0.3) is 0 Å². The van der Waals surface area contributed by atoms with Gasteiger partial charge in [-0.15, -0.1) is 0 Å². The lowest BCUT2D eigenvalue weighted by atomic mass is 10.2. The van der Waals surface area contributed by atoms with E-state index in [0.29, 0.717) is 28.2 Å². The predicted molar refractivity (Wildman–Crippen MR) is 77.5 cm³/mol. The number of pyridine rings is 1. The summed E-state index contributed by atoms with van der Waals surface area (Å²) in [6, 6.07) is 10.7. The fraction of sp³-hybridized carbons (Fsp3) is 0.143. The van der Waals surface area contributed by atoms with Crippen molar-refractivity contribution < 1.29 is 9.53 Å². The van der Waals surface area contributed by atoms with E-state index in [2.05, 4.69) is 26.2 Å². The van der Waals surface area contributed by atoms with Gasteiger partial charge >= 0.3 is 0 Å². The summed E-state index contributed by atoms with van der Waals surface area (Å²) in [4.78, 5) is 16.1. The Morgan fingerprint density at radius 1 is 1.37 bits per heavy atom. The highest BCUT2D eigenvalue weighted by atomic mass is 79.9. The van der Waals surface area contributed by atoms with E-state index in [1.807, 2.05) is 25.1 Å². The summed E-state index contributed by atoms with van der Waals surface area (Å²) in [6.45, 7) is 2.45. The minimum Gasteiger partial charge on any atom is -0.492 e. The Balaban J connectivity index is 2.19. The molecule has 0 atom stereocenters. The van der Waals surface area contributed by atoms with E-state index in [0.717, 1.165) is 0 Å². The van der Waals surface area contributed by atoms with Crippen LogP contribution in [0.1, 0.15) is 17.3 Å². The van der Waals surface area contributed by atoms with Gasteiger partial charge in [0.2, 0.25) is 0 Å². The van der Waals surface area contributed by atoms with Gasteiger partial charge < -0.3 is 10.1 Å². The highest BCUT2D eigenvalue weighted by Crippen LogP contribution is 2.24. The van der Waals surface area contributed by atoms with Gasteiger partial charge in [0.1, 0.15) is 10.4 Å². The van der Waals surface area contributed by atoms with Gasteiger partial charge in [-0.3, -0.25) is 4.79 Å². The van der Waals surface area contributed by atoms with Crippen LogP contribution in [0.4, 0.5) is 5.69 Å². The van der Waals surface area contributed by atoms with Gasteiger partial charge in [0.05, 0.1) is 12.3 Å². The molecule has 0 fully saturated rings. The number of para-hydroxylation sites is 2. The van der Waals surface area contributed by atoms with Crippen LogP contribution >= 0.6 is 15.9 Å². The topological polar surface area (TPSA) is 51.2 Å².